The van der Waals surface area contributed by atoms with Crippen LogP contribution < -0.4 is 16.0 Å². The van der Waals surface area contributed by atoms with Crippen molar-refractivity contribution in [3.8, 4) is 0 Å². The van der Waals surface area contributed by atoms with Crippen molar-refractivity contribution in [1.82, 2.24) is 29.4 Å². The first-order valence-corrected chi connectivity index (χ1v) is 13.7. The number of aromatic nitrogens is 6. The van der Waals surface area contributed by atoms with E-state index in [1.54, 1.807) is 17.8 Å². The standard InChI is InChI=1S/C29H35N9O3/c1-5-25(40)33-23-17-37(4)36-26(23)24(39)14-19-7-6-8-20(13-19)15-30-29-35-28(32-21-9-11-41-12-10-21)34-27-22(18(2)3)16-31-38(27)29/h5-8,13,16-18,21H,1,9-12,14-15H2,2-4H3,(H,33,40)(H2,30,32,34,35). The van der Waals surface area contributed by atoms with Gasteiger partial charge in [0, 0.05) is 51.0 Å². The van der Waals surface area contributed by atoms with E-state index in [1.807, 2.05) is 30.5 Å². The second kappa shape index (κ2) is 12.3. The highest BCUT2D eigenvalue weighted by molar-refractivity contribution is 6.06. The first-order chi connectivity index (χ1) is 19.8. The fourth-order valence-electron chi connectivity index (χ4n) is 4.77. The highest BCUT2D eigenvalue weighted by Crippen LogP contribution is 2.24. The van der Waals surface area contributed by atoms with E-state index in [4.69, 9.17) is 14.7 Å². The average molecular weight is 558 g/mol. The number of carbonyl (C=O) groups excluding carboxylic acids is 2. The molecule has 41 heavy (non-hydrogen) atoms. The maximum absolute atomic E-state index is 13.1. The van der Waals surface area contributed by atoms with Gasteiger partial charge in [-0.2, -0.15) is 24.7 Å². The van der Waals surface area contributed by atoms with E-state index in [0.717, 1.165) is 54.5 Å². The summed E-state index contributed by atoms with van der Waals surface area (Å²) in [6.45, 7) is 9.60. The van der Waals surface area contributed by atoms with Crippen LogP contribution in [0.15, 0.2) is 49.3 Å². The summed E-state index contributed by atoms with van der Waals surface area (Å²) in [7, 11) is 1.70. The number of nitrogens with one attached hydrogen (secondary N) is 3. The number of ether oxygens (including phenoxy) is 1. The van der Waals surface area contributed by atoms with Crippen molar-refractivity contribution in [2.45, 2.75) is 51.6 Å². The third kappa shape index (κ3) is 6.60. The molecule has 0 atom stereocenters. The number of aryl methyl sites for hydroxylation is 1. The zero-order valence-corrected chi connectivity index (χ0v) is 23.6. The molecule has 0 radical (unpaired) electrons. The zero-order valence-electron chi connectivity index (χ0n) is 23.6. The van der Waals surface area contributed by atoms with Crippen LogP contribution in [-0.4, -0.2) is 60.3 Å². The number of fused-ring (bicyclic) bond motifs is 1. The molecular formula is C29H35N9O3. The maximum atomic E-state index is 13.1. The molecule has 4 heterocycles. The van der Waals surface area contributed by atoms with Gasteiger partial charge in [0.1, 0.15) is 0 Å². The summed E-state index contributed by atoms with van der Waals surface area (Å²) in [5, 5.41) is 18.4. The van der Waals surface area contributed by atoms with Crippen molar-refractivity contribution in [1.29, 1.82) is 0 Å². The molecule has 12 heteroatoms. The van der Waals surface area contributed by atoms with Gasteiger partial charge < -0.3 is 20.7 Å². The minimum atomic E-state index is -0.400. The number of benzene rings is 1. The van der Waals surface area contributed by atoms with Crippen LogP contribution in [0.3, 0.4) is 0 Å². The number of rotatable bonds is 11. The SMILES string of the molecule is C=CC(=O)Nc1cn(C)nc1C(=O)Cc1cccc(CNc2nc(NC3CCOCC3)nc3c(C(C)C)cnn23)c1. The molecule has 1 aromatic carbocycles. The van der Waals surface area contributed by atoms with E-state index in [-0.39, 0.29) is 29.9 Å². The quantitative estimate of drug-likeness (QED) is 0.186. The Labute approximate surface area is 238 Å². The molecule has 1 saturated heterocycles. The number of hydrogen-bond acceptors (Lipinski definition) is 9. The number of hydrogen-bond donors (Lipinski definition) is 3. The van der Waals surface area contributed by atoms with Crippen LogP contribution in [-0.2, 0) is 29.5 Å². The van der Waals surface area contributed by atoms with Crippen LogP contribution >= 0.6 is 0 Å². The lowest BCUT2D eigenvalue weighted by Gasteiger charge is -2.23. The van der Waals surface area contributed by atoms with Gasteiger partial charge in [0.05, 0.1) is 11.9 Å². The third-order valence-corrected chi connectivity index (χ3v) is 6.91. The van der Waals surface area contributed by atoms with Crippen LogP contribution in [0.5, 0.6) is 0 Å². The molecule has 3 aromatic heterocycles. The molecule has 0 aliphatic carbocycles. The summed E-state index contributed by atoms with van der Waals surface area (Å²) in [5.74, 6) is 0.791. The van der Waals surface area contributed by atoms with Gasteiger partial charge in [-0.1, -0.05) is 44.7 Å². The minimum absolute atomic E-state index is 0.135. The summed E-state index contributed by atoms with van der Waals surface area (Å²) in [5.41, 5.74) is 4.18. The molecule has 3 N–H and O–H groups in total. The van der Waals surface area contributed by atoms with Gasteiger partial charge >= 0.3 is 0 Å². The molecule has 0 spiro atoms. The fraction of sp³-hybridized carbons (Fsp3) is 0.379. The number of amides is 1. The molecule has 1 aliphatic heterocycles. The van der Waals surface area contributed by atoms with E-state index in [2.05, 4.69) is 46.6 Å². The smallest absolute Gasteiger partial charge is 0.247 e. The van der Waals surface area contributed by atoms with Gasteiger partial charge in [-0.25, -0.2) is 0 Å². The molecule has 12 nitrogen and oxygen atoms in total. The van der Waals surface area contributed by atoms with Gasteiger partial charge in [-0.15, -0.1) is 0 Å². The van der Waals surface area contributed by atoms with E-state index in [9.17, 15) is 9.59 Å². The second-order valence-electron chi connectivity index (χ2n) is 10.4. The van der Waals surface area contributed by atoms with Gasteiger partial charge in [-0.05, 0) is 36.0 Å². The van der Waals surface area contributed by atoms with Crippen molar-refractivity contribution in [2.24, 2.45) is 7.05 Å². The van der Waals surface area contributed by atoms with Gasteiger partial charge in [-0.3, -0.25) is 14.3 Å². The summed E-state index contributed by atoms with van der Waals surface area (Å²) in [6.07, 6.45) is 6.53. The lowest BCUT2D eigenvalue weighted by Crippen LogP contribution is -2.29. The van der Waals surface area contributed by atoms with Gasteiger partial charge in [0.2, 0.25) is 17.8 Å². The lowest BCUT2D eigenvalue weighted by atomic mass is 10.0. The van der Waals surface area contributed by atoms with E-state index < -0.39 is 5.91 Å². The molecule has 0 saturated carbocycles. The first kappa shape index (κ1) is 28.0. The lowest BCUT2D eigenvalue weighted by molar-refractivity contribution is -0.111. The number of Topliss-reactive ketones (excluding diaryl/α,β-unsaturated/α-hetero) is 1. The average Bonchev–Trinajstić information content (AvgIpc) is 3.55. The summed E-state index contributed by atoms with van der Waals surface area (Å²) in [6, 6.07) is 8.02. The minimum Gasteiger partial charge on any atom is -0.381 e. The fourth-order valence-corrected chi connectivity index (χ4v) is 4.77. The Kier molecular flexibility index (Phi) is 8.39. The van der Waals surface area contributed by atoms with Crippen molar-refractivity contribution in [3.05, 3.63) is 71.7 Å². The monoisotopic (exact) mass is 557 g/mol. The van der Waals surface area contributed by atoms with E-state index in [1.165, 1.54) is 4.68 Å². The van der Waals surface area contributed by atoms with Crippen molar-refractivity contribution in [3.63, 3.8) is 0 Å². The maximum Gasteiger partial charge on any atom is 0.247 e. The number of ketones is 1. The van der Waals surface area contributed by atoms with Crippen LogP contribution in [0.25, 0.3) is 5.65 Å². The molecule has 0 bridgehead atoms. The summed E-state index contributed by atoms with van der Waals surface area (Å²) >= 11 is 0. The highest BCUT2D eigenvalue weighted by Gasteiger charge is 2.20. The van der Waals surface area contributed by atoms with Crippen molar-refractivity contribution in [2.75, 3.05) is 29.2 Å². The molecule has 1 aliphatic rings. The van der Waals surface area contributed by atoms with Crippen LogP contribution in [0.2, 0.25) is 0 Å². The van der Waals surface area contributed by atoms with E-state index in [0.29, 0.717) is 24.1 Å². The van der Waals surface area contributed by atoms with Crippen LogP contribution in [0, 0.1) is 0 Å². The van der Waals surface area contributed by atoms with Gasteiger partial charge in [0.25, 0.3) is 0 Å². The molecule has 4 aromatic rings. The normalized spacial score (nSPS) is 13.9. The highest BCUT2D eigenvalue weighted by atomic mass is 16.5. The van der Waals surface area contributed by atoms with E-state index >= 15 is 0 Å². The summed E-state index contributed by atoms with van der Waals surface area (Å²) < 4.78 is 8.72. The molecule has 5 rings (SSSR count). The summed E-state index contributed by atoms with van der Waals surface area (Å²) in [4.78, 5) is 34.4. The second-order valence-corrected chi connectivity index (χ2v) is 10.4. The number of anilines is 3. The Hall–Kier alpha value is -4.58. The number of nitrogens with zero attached hydrogens (tertiary/aromatic N) is 6. The topological polar surface area (TPSA) is 140 Å². The Morgan fingerprint density at radius 1 is 1.20 bits per heavy atom. The molecule has 0 unspecified atom stereocenters. The van der Waals surface area contributed by atoms with Gasteiger partial charge in [0.15, 0.2) is 17.1 Å². The molecule has 214 valence electrons. The molecular weight excluding hydrogens is 522 g/mol. The Bertz CT molecular complexity index is 1570. The third-order valence-electron chi connectivity index (χ3n) is 6.91. The largest absolute Gasteiger partial charge is 0.381 e. The predicted molar refractivity (Wildman–Crippen MR) is 156 cm³/mol. The van der Waals surface area contributed by atoms with Crippen LogP contribution in [0.1, 0.15) is 59.8 Å². The van der Waals surface area contributed by atoms with Crippen molar-refractivity contribution < 1.29 is 14.3 Å². The Morgan fingerprint density at radius 3 is 2.73 bits per heavy atom. The molecule has 1 amide bonds. The number of carbonyl (C=O) groups is 2. The predicted octanol–water partition coefficient (Wildman–Crippen LogP) is 3.73. The Balaban J connectivity index is 1.33. The Morgan fingerprint density at radius 2 is 1.98 bits per heavy atom. The molecule has 1 fully saturated rings. The van der Waals surface area contributed by atoms with Crippen LogP contribution in [0.4, 0.5) is 17.6 Å². The van der Waals surface area contributed by atoms with Crippen molar-refractivity contribution >= 4 is 34.9 Å². The zero-order chi connectivity index (χ0) is 28.9. The first-order valence-electron chi connectivity index (χ1n) is 13.7.